The lowest BCUT2D eigenvalue weighted by atomic mass is 9.73. The first-order chi connectivity index (χ1) is 12.7. The molecule has 0 unspecified atom stereocenters. The number of unbranched alkanes of at least 4 members (excludes halogenated alkanes) is 1. The van der Waals surface area contributed by atoms with Crippen molar-refractivity contribution in [1.29, 1.82) is 0 Å². The lowest BCUT2D eigenvalue weighted by Crippen LogP contribution is -2.28. The Morgan fingerprint density at radius 1 is 0.885 bits per heavy atom. The van der Waals surface area contributed by atoms with Gasteiger partial charge in [0.1, 0.15) is 5.82 Å². The van der Waals surface area contributed by atoms with Crippen molar-refractivity contribution in [3.05, 3.63) is 35.6 Å². The molecule has 0 aromatic heterocycles. The first-order valence-corrected chi connectivity index (χ1v) is 13.9. The second kappa shape index (κ2) is 10.6. The average molecular weight is 375 g/mol. The predicted molar refractivity (Wildman–Crippen MR) is 114 cm³/mol. The number of halogens is 1. The largest absolute Gasteiger partial charge is 0.207 e. The van der Waals surface area contributed by atoms with E-state index in [9.17, 15) is 4.39 Å². The summed E-state index contributed by atoms with van der Waals surface area (Å²) in [5.74, 6) is 3.04. The minimum Gasteiger partial charge on any atom is -0.207 e. The van der Waals surface area contributed by atoms with E-state index < -0.39 is 0 Å². The number of aryl methyl sites for hydroxylation is 1. The van der Waals surface area contributed by atoms with Crippen LogP contribution in [0.1, 0.15) is 76.7 Å². The summed E-state index contributed by atoms with van der Waals surface area (Å²) in [7, 11) is -0.300. The fourth-order valence-electron chi connectivity index (χ4n) is 5.72. The van der Waals surface area contributed by atoms with E-state index in [-0.39, 0.29) is 14.6 Å². The molecular formula is C24H39FSi. The Balaban J connectivity index is 1.27. The van der Waals surface area contributed by atoms with Gasteiger partial charge >= 0.3 is 0 Å². The fourth-order valence-corrected chi connectivity index (χ4v) is 9.20. The normalized spacial score (nSPS) is 29.6. The van der Waals surface area contributed by atoms with Crippen LogP contribution >= 0.6 is 0 Å². The van der Waals surface area contributed by atoms with Gasteiger partial charge in [-0.05, 0) is 61.1 Å². The van der Waals surface area contributed by atoms with Crippen molar-refractivity contribution in [1.82, 2.24) is 0 Å². The highest BCUT2D eigenvalue weighted by molar-refractivity contribution is 6.58. The van der Waals surface area contributed by atoms with Crippen LogP contribution in [0.4, 0.5) is 4.39 Å². The Morgan fingerprint density at radius 3 is 2.19 bits per heavy atom. The minimum absolute atomic E-state index is 0.119. The third-order valence-electron chi connectivity index (χ3n) is 7.39. The van der Waals surface area contributed by atoms with Crippen LogP contribution in [-0.4, -0.2) is 8.80 Å². The molecule has 3 rings (SSSR count). The van der Waals surface area contributed by atoms with Gasteiger partial charge in [-0.1, -0.05) is 82.1 Å². The maximum absolute atomic E-state index is 12.9. The van der Waals surface area contributed by atoms with Crippen molar-refractivity contribution in [3.8, 4) is 0 Å². The van der Waals surface area contributed by atoms with Gasteiger partial charge in [0, 0.05) is 8.80 Å². The van der Waals surface area contributed by atoms with Crippen LogP contribution in [0.3, 0.4) is 0 Å². The van der Waals surface area contributed by atoms with E-state index >= 15 is 0 Å². The van der Waals surface area contributed by atoms with Gasteiger partial charge in [0.2, 0.25) is 0 Å². The number of rotatable bonds is 8. The van der Waals surface area contributed by atoms with Crippen molar-refractivity contribution in [2.24, 2.45) is 17.8 Å². The van der Waals surface area contributed by atoms with Gasteiger partial charge in [0.05, 0.1) is 0 Å². The summed E-state index contributed by atoms with van der Waals surface area (Å²) in [4.78, 5) is 0. The first kappa shape index (κ1) is 20.1. The number of hydrogen-bond donors (Lipinski definition) is 0. The molecule has 1 saturated carbocycles. The Kier molecular flexibility index (Phi) is 8.23. The third kappa shape index (κ3) is 6.22. The number of benzene rings is 1. The van der Waals surface area contributed by atoms with E-state index in [0.717, 1.165) is 24.2 Å². The quantitative estimate of drug-likeness (QED) is 0.328. The summed E-state index contributed by atoms with van der Waals surface area (Å²) in [6.07, 6.45) is 15.8. The summed E-state index contributed by atoms with van der Waals surface area (Å²) in [6, 6.07) is 12.0. The van der Waals surface area contributed by atoms with Crippen LogP contribution < -0.4 is 0 Å². The van der Waals surface area contributed by atoms with Gasteiger partial charge in [-0.25, -0.2) is 4.39 Å². The van der Waals surface area contributed by atoms with E-state index in [4.69, 9.17) is 0 Å². The molecule has 0 bridgehead atoms. The SMILES string of the molecule is CCC[SiH]1CCC(C2CCC(CCCCc3ccc(F)cc3)CC2)CC1. The molecule has 1 aliphatic carbocycles. The summed E-state index contributed by atoms with van der Waals surface area (Å²) in [5, 5.41) is 0. The molecule has 0 N–H and O–H groups in total. The molecule has 1 aliphatic heterocycles. The maximum Gasteiger partial charge on any atom is 0.123 e. The molecule has 2 fully saturated rings. The Morgan fingerprint density at radius 2 is 1.54 bits per heavy atom. The van der Waals surface area contributed by atoms with E-state index in [0.29, 0.717) is 0 Å². The molecule has 0 nitrogen and oxygen atoms in total. The second-order valence-electron chi connectivity index (χ2n) is 9.22. The fraction of sp³-hybridized carbons (Fsp3) is 0.750. The first-order valence-electron chi connectivity index (χ1n) is 11.5. The van der Waals surface area contributed by atoms with Crippen molar-refractivity contribution >= 4 is 8.80 Å². The second-order valence-corrected chi connectivity index (χ2v) is 12.7. The Labute approximate surface area is 162 Å². The summed E-state index contributed by atoms with van der Waals surface area (Å²) in [6.45, 7) is 2.38. The molecule has 1 heterocycles. The zero-order valence-electron chi connectivity index (χ0n) is 16.9. The van der Waals surface area contributed by atoms with Crippen molar-refractivity contribution < 1.29 is 4.39 Å². The predicted octanol–water partition coefficient (Wildman–Crippen LogP) is 7.39. The molecule has 146 valence electrons. The van der Waals surface area contributed by atoms with E-state index in [1.54, 1.807) is 43.1 Å². The zero-order chi connectivity index (χ0) is 18.2. The zero-order valence-corrected chi connectivity index (χ0v) is 18.1. The van der Waals surface area contributed by atoms with E-state index in [1.165, 1.54) is 56.9 Å². The molecule has 0 radical (unpaired) electrons. The van der Waals surface area contributed by atoms with Gasteiger partial charge in [0.15, 0.2) is 0 Å². The van der Waals surface area contributed by atoms with Crippen LogP contribution in [0.5, 0.6) is 0 Å². The Bertz CT molecular complexity index is 495. The maximum atomic E-state index is 12.9. The molecule has 1 aromatic rings. The average Bonchev–Trinajstić information content (AvgIpc) is 2.68. The molecule has 2 heteroatoms. The number of hydrogen-bond acceptors (Lipinski definition) is 0. The molecule has 0 atom stereocenters. The van der Waals surface area contributed by atoms with Crippen LogP contribution in [0.15, 0.2) is 24.3 Å². The van der Waals surface area contributed by atoms with E-state index in [2.05, 4.69) is 6.92 Å². The summed E-state index contributed by atoms with van der Waals surface area (Å²) in [5.41, 5.74) is 1.29. The smallest absolute Gasteiger partial charge is 0.123 e. The van der Waals surface area contributed by atoms with Crippen LogP contribution in [-0.2, 0) is 6.42 Å². The Hall–Kier alpha value is -0.633. The summed E-state index contributed by atoms with van der Waals surface area (Å²) < 4.78 is 12.9. The monoisotopic (exact) mass is 374 g/mol. The molecule has 0 spiro atoms. The van der Waals surface area contributed by atoms with Gasteiger partial charge in [-0.3, -0.25) is 0 Å². The van der Waals surface area contributed by atoms with Crippen molar-refractivity contribution in [2.45, 2.75) is 95.7 Å². The summed E-state index contributed by atoms with van der Waals surface area (Å²) >= 11 is 0. The topological polar surface area (TPSA) is 0 Å². The molecule has 0 amide bonds. The van der Waals surface area contributed by atoms with Crippen molar-refractivity contribution in [2.75, 3.05) is 0 Å². The highest BCUT2D eigenvalue weighted by Gasteiger charge is 2.30. The highest BCUT2D eigenvalue weighted by Crippen LogP contribution is 2.41. The molecule has 1 saturated heterocycles. The lowest BCUT2D eigenvalue weighted by molar-refractivity contribution is 0.184. The van der Waals surface area contributed by atoms with Crippen molar-refractivity contribution in [3.63, 3.8) is 0 Å². The lowest BCUT2D eigenvalue weighted by Gasteiger charge is -2.37. The van der Waals surface area contributed by atoms with Gasteiger partial charge in [0.25, 0.3) is 0 Å². The third-order valence-corrected chi connectivity index (χ3v) is 11.1. The minimum atomic E-state index is -0.300. The molecular weight excluding hydrogens is 335 g/mol. The van der Waals surface area contributed by atoms with E-state index in [1.807, 2.05) is 12.1 Å². The molecule has 26 heavy (non-hydrogen) atoms. The molecule has 2 aliphatic rings. The van der Waals surface area contributed by atoms with Crippen LogP contribution in [0, 0.1) is 23.6 Å². The van der Waals surface area contributed by atoms with Gasteiger partial charge in [-0.15, -0.1) is 0 Å². The van der Waals surface area contributed by atoms with Crippen LogP contribution in [0.2, 0.25) is 18.1 Å². The standard InChI is InChI=1S/C24H39FSi/c1-2-17-26-18-15-23(16-19-26)22-11-7-20(8-12-22)5-3-4-6-21-9-13-24(25)14-10-21/h9-10,13-14,20,22-23,26H,2-8,11-12,15-19H2,1H3. The van der Waals surface area contributed by atoms with Gasteiger partial charge in [-0.2, -0.15) is 0 Å². The van der Waals surface area contributed by atoms with Crippen LogP contribution in [0.25, 0.3) is 0 Å². The highest BCUT2D eigenvalue weighted by atomic mass is 28.3. The molecule has 1 aromatic carbocycles. The van der Waals surface area contributed by atoms with Gasteiger partial charge < -0.3 is 0 Å².